The fourth-order valence-electron chi connectivity index (χ4n) is 1.50. The summed E-state index contributed by atoms with van der Waals surface area (Å²) in [7, 11) is 0. The van der Waals surface area contributed by atoms with Crippen LogP contribution in [0.4, 0.5) is 5.69 Å². The lowest BCUT2D eigenvalue weighted by atomic mass is 10.1. The summed E-state index contributed by atoms with van der Waals surface area (Å²) in [5, 5.41) is 3.47. The van der Waals surface area contributed by atoms with Gasteiger partial charge in [-0.1, -0.05) is 29.8 Å². The molecule has 0 amide bonds. The average Bonchev–Trinajstić information content (AvgIpc) is 2.22. The van der Waals surface area contributed by atoms with Crippen molar-refractivity contribution in [2.75, 3.05) is 5.32 Å². The number of hydrogen-bond acceptors (Lipinski definition) is 1. The molecule has 0 aliphatic heterocycles. The minimum Gasteiger partial charge on any atom is -0.382 e. The third-order valence-electron chi connectivity index (χ3n) is 2.32. The molecule has 15 heavy (non-hydrogen) atoms. The van der Waals surface area contributed by atoms with Crippen LogP contribution in [0.5, 0.6) is 0 Å². The number of anilines is 1. The highest BCUT2D eigenvalue weighted by molar-refractivity contribution is 5.45. The van der Waals surface area contributed by atoms with Crippen LogP contribution in [0.1, 0.15) is 18.4 Å². The van der Waals surface area contributed by atoms with Crippen LogP contribution < -0.4 is 5.32 Å². The van der Waals surface area contributed by atoms with Crippen LogP contribution in [0.3, 0.4) is 0 Å². The lowest BCUT2D eigenvalue weighted by Crippen LogP contribution is -2.17. The fraction of sp³-hybridized carbons (Fsp3) is 0.286. The van der Waals surface area contributed by atoms with E-state index >= 15 is 0 Å². The van der Waals surface area contributed by atoms with E-state index < -0.39 is 0 Å². The first kappa shape index (κ1) is 11.6. The van der Waals surface area contributed by atoms with Crippen LogP contribution in [0, 0.1) is 6.92 Å². The van der Waals surface area contributed by atoms with Gasteiger partial charge in [0.1, 0.15) is 0 Å². The predicted octanol–water partition coefficient (Wildman–Crippen LogP) is 3.93. The van der Waals surface area contributed by atoms with Crippen molar-refractivity contribution in [3.05, 3.63) is 55.1 Å². The summed E-state index contributed by atoms with van der Waals surface area (Å²) < 4.78 is 0. The van der Waals surface area contributed by atoms with Gasteiger partial charge in [-0.3, -0.25) is 0 Å². The van der Waals surface area contributed by atoms with Gasteiger partial charge in [0, 0.05) is 11.7 Å². The summed E-state index contributed by atoms with van der Waals surface area (Å²) >= 11 is 0. The van der Waals surface area contributed by atoms with E-state index in [1.165, 1.54) is 5.56 Å². The van der Waals surface area contributed by atoms with E-state index in [-0.39, 0.29) is 0 Å². The number of rotatable bonds is 6. The van der Waals surface area contributed by atoms with E-state index in [2.05, 4.69) is 49.7 Å². The monoisotopic (exact) mass is 201 g/mol. The van der Waals surface area contributed by atoms with Crippen LogP contribution >= 0.6 is 0 Å². The van der Waals surface area contributed by atoms with E-state index in [4.69, 9.17) is 0 Å². The largest absolute Gasteiger partial charge is 0.382 e. The smallest absolute Gasteiger partial charge is 0.0342 e. The molecule has 0 radical (unpaired) electrons. The molecule has 80 valence electrons. The predicted molar refractivity (Wildman–Crippen MR) is 68.2 cm³/mol. The molecule has 0 unspecified atom stereocenters. The molecule has 0 spiro atoms. The van der Waals surface area contributed by atoms with Crippen molar-refractivity contribution in [1.29, 1.82) is 0 Å². The van der Waals surface area contributed by atoms with Gasteiger partial charge >= 0.3 is 0 Å². The molecule has 0 bridgehead atoms. The quantitative estimate of drug-likeness (QED) is 0.688. The standard InChI is InChI=1S/C14H19N/c1-4-6-13(7-5-2)15-14-10-8-12(3)9-11-14/h4-5,8-11,13,15H,1-2,6-7H2,3H3. The number of aryl methyl sites for hydroxylation is 1. The molecule has 1 nitrogen and oxygen atoms in total. The summed E-state index contributed by atoms with van der Waals surface area (Å²) in [5.74, 6) is 0. The topological polar surface area (TPSA) is 12.0 Å². The van der Waals surface area contributed by atoms with Gasteiger partial charge in [0.15, 0.2) is 0 Å². The zero-order valence-electron chi connectivity index (χ0n) is 9.37. The highest BCUT2D eigenvalue weighted by Crippen LogP contribution is 2.13. The van der Waals surface area contributed by atoms with E-state index in [1.807, 2.05) is 12.2 Å². The SMILES string of the molecule is C=CCC(CC=C)Nc1ccc(C)cc1. The molecule has 0 saturated heterocycles. The second kappa shape index (κ2) is 6.07. The first-order chi connectivity index (χ1) is 7.26. The molecule has 1 aromatic carbocycles. The van der Waals surface area contributed by atoms with Crippen LogP contribution in [0.15, 0.2) is 49.6 Å². The van der Waals surface area contributed by atoms with Gasteiger partial charge < -0.3 is 5.32 Å². The molecule has 1 heteroatoms. The van der Waals surface area contributed by atoms with Gasteiger partial charge in [0.05, 0.1) is 0 Å². The van der Waals surface area contributed by atoms with Crippen molar-refractivity contribution in [1.82, 2.24) is 0 Å². The van der Waals surface area contributed by atoms with E-state index in [1.54, 1.807) is 0 Å². The Kier molecular flexibility index (Phi) is 4.69. The zero-order valence-corrected chi connectivity index (χ0v) is 9.37. The minimum atomic E-state index is 0.405. The summed E-state index contributed by atoms with van der Waals surface area (Å²) in [4.78, 5) is 0. The van der Waals surface area contributed by atoms with Crippen LogP contribution in [0.2, 0.25) is 0 Å². The second-order valence-electron chi connectivity index (χ2n) is 3.76. The van der Waals surface area contributed by atoms with Crippen LogP contribution in [-0.4, -0.2) is 6.04 Å². The molecule has 1 aromatic rings. The molecule has 0 atom stereocenters. The Labute approximate surface area is 92.5 Å². The highest BCUT2D eigenvalue weighted by Gasteiger charge is 2.03. The van der Waals surface area contributed by atoms with Crippen molar-refractivity contribution in [2.45, 2.75) is 25.8 Å². The molecule has 1 N–H and O–H groups in total. The van der Waals surface area contributed by atoms with E-state index in [9.17, 15) is 0 Å². The normalized spacial score (nSPS) is 10.0. The molecule has 0 fully saturated rings. The van der Waals surface area contributed by atoms with Crippen LogP contribution in [-0.2, 0) is 0 Å². The first-order valence-corrected chi connectivity index (χ1v) is 5.31. The van der Waals surface area contributed by atoms with Crippen molar-refractivity contribution in [3.8, 4) is 0 Å². The Morgan fingerprint density at radius 1 is 1.13 bits per heavy atom. The van der Waals surface area contributed by atoms with Crippen molar-refractivity contribution < 1.29 is 0 Å². The number of hydrogen-bond donors (Lipinski definition) is 1. The Balaban J connectivity index is 2.60. The van der Waals surface area contributed by atoms with Crippen molar-refractivity contribution in [3.63, 3.8) is 0 Å². The Morgan fingerprint density at radius 2 is 1.67 bits per heavy atom. The van der Waals surface area contributed by atoms with Gasteiger partial charge in [0.25, 0.3) is 0 Å². The Morgan fingerprint density at radius 3 is 2.13 bits per heavy atom. The lowest BCUT2D eigenvalue weighted by Gasteiger charge is -2.16. The summed E-state index contributed by atoms with van der Waals surface area (Å²) in [6.45, 7) is 9.62. The van der Waals surface area contributed by atoms with Gasteiger partial charge in [-0.05, 0) is 31.9 Å². The average molecular weight is 201 g/mol. The Hall–Kier alpha value is -1.50. The Bertz CT molecular complexity index is 301. The fourth-order valence-corrected chi connectivity index (χ4v) is 1.50. The number of nitrogens with one attached hydrogen (secondary N) is 1. The highest BCUT2D eigenvalue weighted by atomic mass is 14.9. The maximum atomic E-state index is 3.76. The minimum absolute atomic E-state index is 0.405. The number of benzene rings is 1. The maximum absolute atomic E-state index is 3.76. The molecular weight excluding hydrogens is 182 g/mol. The van der Waals surface area contributed by atoms with E-state index in [0.717, 1.165) is 18.5 Å². The van der Waals surface area contributed by atoms with Gasteiger partial charge in [0.2, 0.25) is 0 Å². The maximum Gasteiger partial charge on any atom is 0.0342 e. The molecule has 0 aromatic heterocycles. The van der Waals surface area contributed by atoms with Crippen molar-refractivity contribution >= 4 is 5.69 Å². The van der Waals surface area contributed by atoms with Crippen LogP contribution in [0.25, 0.3) is 0 Å². The lowest BCUT2D eigenvalue weighted by molar-refractivity contribution is 0.745. The van der Waals surface area contributed by atoms with Gasteiger partial charge in [-0.25, -0.2) is 0 Å². The summed E-state index contributed by atoms with van der Waals surface area (Å²) in [6.07, 6.45) is 5.80. The molecule has 0 heterocycles. The first-order valence-electron chi connectivity index (χ1n) is 5.31. The molecule has 0 saturated carbocycles. The molecule has 0 aliphatic rings. The van der Waals surface area contributed by atoms with Gasteiger partial charge in [-0.2, -0.15) is 0 Å². The second-order valence-corrected chi connectivity index (χ2v) is 3.76. The van der Waals surface area contributed by atoms with E-state index in [0.29, 0.717) is 6.04 Å². The third-order valence-corrected chi connectivity index (χ3v) is 2.32. The summed E-state index contributed by atoms with van der Waals surface area (Å²) in [5.41, 5.74) is 2.44. The summed E-state index contributed by atoms with van der Waals surface area (Å²) in [6, 6.07) is 8.84. The van der Waals surface area contributed by atoms with Gasteiger partial charge in [-0.15, -0.1) is 13.2 Å². The molecule has 1 rings (SSSR count). The third kappa shape index (κ3) is 4.03. The zero-order chi connectivity index (χ0) is 11.1. The van der Waals surface area contributed by atoms with Crippen molar-refractivity contribution in [2.24, 2.45) is 0 Å². The molecule has 0 aliphatic carbocycles. The molecular formula is C14H19N.